The van der Waals surface area contributed by atoms with E-state index >= 15 is 0 Å². The van der Waals surface area contributed by atoms with E-state index in [4.69, 9.17) is 4.74 Å². The molecule has 2 aromatic rings. The fraction of sp³-hybridized carbons (Fsp3) is 0.500. The van der Waals surface area contributed by atoms with E-state index in [9.17, 15) is 4.79 Å². The van der Waals surface area contributed by atoms with Crippen LogP contribution in [0.4, 0.5) is 5.69 Å². The second-order valence-electron chi connectivity index (χ2n) is 7.62. The summed E-state index contributed by atoms with van der Waals surface area (Å²) < 4.78 is 7.04. The first-order valence-corrected chi connectivity index (χ1v) is 10.5. The Balaban J connectivity index is 0.00000341. The normalized spacial score (nSPS) is 14.6. The quantitative estimate of drug-likeness (QED) is 0.306. The van der Waals surface area contributed by atoms with Crippen molar-refractivity contribution in [3.8, 4) is 0 Å². The number of rotatable bonds is 8. The monoisotopic (exact) mass is 540 g/mol. The number of aromatic nitrogens is 2. The summed E-state index contributed by atoms with van der Waals surface area (Å²) in [5.41, 5.74) is 1.85. The molecule has 1 aromatic carbocycles. The highest BCUT2D eigenvalue weighted by Crippen LogP contribution is 2.18. The van der Waals surface area contributed by atoms with Crippen LogP contribution in [0.2, 0.25) is 0 Å². The topological polar surface area (TPSA) is 83.8 Å². The Morgan fingerprint density at radius 1 is 1.32 bits per heavy atom. The van der Waals surface area contributed by atoms with Crippen molar-refractivity contribution in [1.82, 2.24) is 20.0 Å². The lowest BCUT2D eigenvalue weighted by atomic mass is 9.96. The number of aliphatic imine (C=N–C) groups is 1. The molecule has 0 unspecified atom stereocenters. The van der Waals surface area contributed by atoms with Gasteiger partial charge in [-0.1, -0.05) is 12.1 Å². The highest BCUT2D eigenvalue weighted by atomic mass is 127. The van der Waals surface area contributed by atoms with Crippen LogP contribution in [0.25, 0.3) is 0 Å². The second kappa shape index (κ2) is 13.3. The maximum Gasteiger partial charge on any atom is 0.246 e. The van der Waals surface area contributed by atoms with Gasteiger partial charge < -0.3 is 20.3 Å². The van der Waals surface area contributed by atoms with Crippen LogP contribution in [0.1, 0.15) is 24.8 Å². The van der Waals surface area contributed by atoms with E-state index in [2.05, 4.69) is 32.7 Å². The Hall–Kier alpha value is -2.14. The van der Waals surface area contributed by atoms with E-state index in [-0.39, 0.29) is 36.4 Å². The Morgan fingerprint density at radius 2 is 2.13 bits per heavy atom. The van der Waals surface area contributed by atoms with Crippen LogP contribution in [0.3, 0.4) is 0 Å². The van der Waals surface area contributed by atoms with Crippen LogP contribution >= 0.6 is 24.0 Å². The van der Waals surface area contributed by atoms with Crippen molar-refractivity contribution < 1.29 is 9.53 Å². The van der Waals surface area contributed by atoms with Crippen molar-refractivity contribution in [2.45, 2.75) is 32.4 Å². The first-order chi connectivity index (χ1) is 14.6. The summed E-state index contributed by atoms with van der Waals surface area (Å²) in [5.74, 6) is 1.50. The molecule has 0 spiro atoms. The Kier molecular flexibility index (Phi) is 10.8. The van der Waals surface area contributed by atoms with E-state index in [1.807, 2.05) is 24.3 Å². The number of benzene rings is 1. The first kappa shape index (κ1) is 25.1. The van der Waals surface area contributed by atoms with Gasteiger partial charge in [-0.15, -0.1) is 24.0 Å². The number of nitrogens with zero attached hydrogens (tertiary/aromatic N) is 4. The van der Waals surface area contributed by atoms with Crippen molar-refractivity contribution >= 4 is 41.5 Å². The fourth-order valence-corrected chi connectivity index (χ4v) is 3.58. The number of hydrogen-bond donors (Lipinski definition) is 2. The molecule has 0 atom stereocenters. The number of nitrogens with one attached hydrogen (secondary N) is 2. The van der Waals surface area contributed by atoms with Crippen LogP contribution in [0, 0.1) is 5.92 Å². The average molecular weight is 540 g/mol. The van der Waals surface area contributed by atoms with Gasteiger partial charge in [0.2, 0.25) is 5.91 Å². The number of halogens is 1. The number of hydrogen-bond acceptors (Lipinski definition) is 4. The van der Waals surface area contributed by atoms with E-state index in [0.717, 1.165) is 62.1 Å². The third kappa shape index (κ3) is 8.48. The molecule has 8 nitrogen and oxygen atoms in total. The molecular weight excluding hydrogens is 507 g/mol. The lowest BCUT2D eigenvalue weighted by Gasteiger charge is -2.27. The summed E-state index contributed by atoms with van der Waals surface area (Å²) in [6, 6.07) is 9.64. The summed E-state index contributed by atoms with van der Waals surface area (Å²) in [7, 11) is 3.87. The summed E-state index contributed by atoms with van der Waals surface area (Å²) in [6.45, 7) is 3.57. The summed E-state index contributed by atoms with van der Waals surface area (Å²) in [5, 5.41) is 10.4. The van der Waals surface area contributed by atoms with Gasteiger partial charge >= 0.3 is 0 Å². The number of carbonyl (C=O) groups is 1. The molecule has 170 valence electrons. The Bertz CT molecular complexity index is 821. The van der Waals surface area contributed by atoms with Gasteiger partial charge in [0.25, 0.3) is 0 Å². The molecule has 0 bridgehead atoms. The number of anilines is 1. The lowest BCUT2D eigenvalue weighted by Crippen LogP contribution is -2.39. The Morgan fingerprint density at radius 3 is 2.84 bits per heavy atom. The molecule has 1 aliphatic heterocycles. The minimum atomic E-state index is -0.104. The number of guanidine groups is 1. The SMILES string of the molecule is CN=C(NCc1cccc(NC(=O)Cn2cccn2)c1)N(C)CCC1CCOCC1.I. The fourth-order valence-electron chi connectivity index (χ4n) is 3.58. The predicted octanol–water partition coefficient (Wildman–Crippen LogP) is 2.96. The van der Waals surface area contributed by atoms with Crippen LogP contribution in [-0.2, 0) is 22.6 Å². The van der Waals surface area contributed by atoms with Gasteiger partial charge in [0.15, 0.2) is 5.96 Å². The third-order valence-electron chi connectivity index (χ3n) is 5.31. The van der Waals surface area contributed by atoms with Crippen LogP contribution in [-0.4, -0.2) is 60.4 Å². The molecule has 1 saturated heterocycles. The highest BCUT2D eigenvalue weighted by molar-refractivity contribution is 14.0. The highest BCUT2D eigenvalue weighted by Gasteiger charge is 2.15. The molecule has 2 heterocycles. The van der Waals surface area contributed by atoms with Gasteiger partial charge in [0.1, 0.15) is 6.54 Å². The van der Waals surface area contributed by atoms with Crippen molar-refractivity contribution in [1.29, 1.82) is 0 Å². The number of amides is 1. The summed E-state index contributed by atoms with van der Waals surface area (Å²) in [6.07, 6.45) is 6.88. The van der Waals surface area contributed by atoms with E-state index in [0.29, 0.717) is 6.54 Å². The lowest BCUT2D eigenvalue weighted by molar-refractivity contribution is -0.116. The molecule has 1 aromatic heterocycles. The summed E-state index contributed by atoms with van der Waals surface area (Å²) >= 11 is 0. The molecule has 3 rings (SSSR count). The molecule has 1 aliphatic rings. The minimum absolute atomic E-state index is 0. The predicted molar refractivity (Wildman–Crippen MR) is 134 cm³/mol. The maximum absolute atomic E-state index is 12.2. The Labute approximate surface area is 201 Å². The van der Waals surface area contributed by atoms with E-state index < -0.39 is 0 Å². The standard InChI is InChI=1S/C22H32N6O2.HI/c1-23-22(27(2)12-7-18-8-13-30-14-9-18)24-16-19-5-3-6-20(15-19)26-21(29)17-28-11-4-10-25-28;/h3-6,10-11,15,18H,7-9,12-14,16-17H2,1-2H3,(H,23,24)(H,26,29);1H. The molecule has 9 heteroatoms. The van der Waals surface area contributed by atoms with Crippen LogP contribution in [0.15, 0.2) is 47.7 Å². The van der Waals surface area contributed by atoms with Crippen molar-refractivity contribution in [2.24, 2.45) is 10.9 Å². The van der Waals surface area contributed by atoms with Crippen molar-refractivity contribution in [2.75, 3.05) is 39.2 Å². The minimum Gasteiger partial charge on any atom is -0.381 e. The number of ether oxygens (including phenoxy) is 1. The van der Waals surface area contributed by atoms with Gasteiger partial charge in [-0.3, -0.25) is 14.5 Å². The smallest absolute Gasteiger partial charge is 0.246 e. The molecule has 2 N–H and O–H groups in total. The van der Waals surface area contributed by atoms with Crippen LogP contribution < -0.4 is 10.6 Å². The van der Waals surface area contributed by atoms with Crippen molar-refractivity contribution in [3.63, 3.8) is 0 Å². The van der Waals surface area contributed by atoms with Gasteiger partial charge in [0.05, 0.1) is 0 Å². The zero-order valence-electron chi connectivity index (χ0n) is 18.3. The van der Waals surface area contributed by atoms with Gasteiger partial charge in [0, 0.05) is 58.5 Å². The largest absolute Gasteiger partial charge is 0.381 e. The molecule has 1 fully saturated rings. The van der Waals surface area contributed by atoms with Gasteiger partial charge in [-0.05, 0) is 48.9 Å². The van der Waals surface area contributed by atoms with Crippen molar-refractivity contribution in [3.05, 3.63) is 48.3 Å². The third-order valence-corrected chi connectivity index (χ3v) is 5.31. The molecule has 0 aliphatic carbocycles. The molecule has 0 radical (unpaired) electrons. The molecule has 0 saturated carbocycles. The van der Waals surface area contributed by atoms with Gasteiger partial charge in [-0.25, -0.2) is 0 Å². The van der Waals surface area contributed by atoms with E-state index in [1.165, 1.54) is 0 Å². The van der Waals surface area contributed by atoms with E-state index in [1.54, 1.807) is 30.2 Å². The average Bonchev–Trinajstić information content (AvgIpc) is 3.26. The maximum atomic E-state index is 12.2. The molecule has 1 amide bonds. The van der Waals surface area contributed by atoms with Crippen LogP contribution in [0.5, 0.6) is 0 Å². The number of carbonyl (C=O) groups excluding carboxylic acids is 1. The molecule has 31 heavy (non-hydrogen) atoms. The zero-order valence-corrected chi connectivity index (χ0v) is 20.6. The summed E-state index contributed by atoms with van der Waals surface area (Å²) in [4.78, 5) is 18.8. The van der Waals surface area contributed by atoms with Gasteiger partial charge in [-0.2, -0.15) is 5.10 Å². The second-order valence-corrected chi connectivity index (χ2v) is 7.62. The zero-order chi connectivity index (χ0) is 21.2. The first-order valence-electron chi connectivity index (χ1n) is 10.5. The molecular formula is C22H33IN6O2.